The number of nitrogens with two attached hydrogens (primary N) is 1. The molecule has 106 valence electrons. The molecular formula is C18H23NO. The summed E-state index contributed by atoms with van der Waals surface area (Å²) in [6.07, 6.45) is 1.15. The summed E-state index contributed by atoms with van der Waals surface area (Å²) in [5.74, 6) is 2.36. The molecule has 0 amide bonds. The van der Waals surface area contributed by atoms with Crippen LogP contribution in [0.3, 0.4) is 0 Å². The fourth-order valence-corrected chi connectivity index (χ4v) is 2.18. The van der Waals surface area contributed by atoms with E-state index in [-0.39, 0.29) is 0 Å². The SMILES string of the molecule is CCC(C)c1ccc(Oc2ccc(CN)cc2C)cc1. The minimum absolute atomic E-state index is 0.560. The van der Waals surface area contributed by atoms with Crippen molar-refractivity contribution in [3.63, 3.8) is 0 Å². The van der Waals surface area contributed by atoms with E-state index in [1.807, 2.05) is 31.2 Å². The zero-order chi connectivity index (χ0) is 14.5. The lowest BCUT2D eigenvalue weighted by atomic mass is 9.99. The first-order valence-corrected chi connectivity index (χ1v) is 7.21. The van der Waals surface area contributed by atoms with Crippen LogP contribution in [0, 0.1) is 6.92 Å². The summed E-state index contributed by atoms with van der Waals surface area (Å²) in [6, 6.07) is 14.4. The van der Waals surface area contributed by atoms with Crippen molar-refractivity contribution in [1.82, 2.24) is 0 Å². The van der Waals surface area contributed by atoms with Crippen molar-refractivity contribution in [2.45, 2.75) is 39.7 Å². The first-order valence-electron chi connectivity index (χ1n) is 7.21. The molecule has 0 saturated heterocycles. The molecule has 0 heterocycles. The van der Waals surface area contributed by atoms with Gasteiger partial charge in [-0.25, -0.2) is 0 Å². The third kappa shape index (κ3) is 3.40. The molecule has 0 radical (unpaired) electrons. The van der Waals surface area contributed by atoms with Gasteiger partial charge in [-0.2, -0.15) is 0 Å². The van der Waals surface area contributed by atoms with Gasteiger partial charge in [0.1, 0.15) is 11.5 Å². The van der Waals surface area contributed by atoms with Crippen molar-refractivity contribution in [3.8, 4) is 11.5 Å². The van der Waals surface area contributed by atoms with Crippen LogP contribution in [0.4, 0.5) is 0 Å². The largest absolute Gasteiger partial charge is 0.457 e. The van der Waals surface area contributed by atoms with Gasteiger partial charge in [-0.05, 0) is 54.2 Å². The number of rotatable bonds is 5. The standard InChI is InChI=1S/C18H23NO/c1-4-13(2)16-6-8-17(9-7-16)20-18-10-5-15(12-19)11-14(18)3/h5-11,13H,4,12,19H2,1-3H3. The van der Waals surface area contributed by atoms with Crippen molar-refractivity contribution in [2.24, 2.45) is 5.73 Å². The molecule has 2 aromatic rings. The molecule has 0 aromatic heterocycles. The van der Waals surface area contributed by atoms with Crippen LogP contribution in [0.15, 0.2) is 42.5 Å². The Morgan fingerprint density at radius 1 is 1.10 bits per heavy atom. The molecule has 1 atom stereocenters. The van der Waals surface area contributed by atoms with Gasteiger partial charge in [0.15, 0.2) is 0 Å². The van der Waals surface area contributed by atoms with E-state index in [1.165, 1.54) is 5.56 Å². The zero-order valence-electron chi connectivity index (χ0n) is 12.5. The molecule has 0 aliphatic rings. The molecular weight excluding hydrogens is 246 g/mol. The Kier molecular flexibility index (Phi) is 4.80. The van der Waals surface area contributed by atoms with Crippen LogP contribution >= 0.6 is 0 Å². The van der Waals surface area contributed by atoms with Crippen LogP contribution in [-0.4, -0.2) is 0 Å². The van der Waals surface area contributed by atoms with E-state index in [2.05, 4.69) is 32.0 Å². The Balaban J connectivity index is 2.14. The van der Waals surface area contributed by atoms with Crippen LogP contribution in [-0.2, 0) is 6.54 Å². The smallest absolute Gasteiger partial charge is 0.130 e. The second kappa shape index (κ2) is 6.58. The second-order valence-corrected chi connectivity index (χ2v) is 5.28. The van der Waals surface area contributed by atoms with Gasteiger partial charge >= 0.3 is 0 Å². The Labute approximate surface area is 121 Å². The van der Waals surface area contributed by atoms with Crippen molar-refractivity contribution >= 4 is 0 Å². The number of hydrogen-bond acceptors (Lipinski definition) is 2. The minimum atomic E-state index is 0.560. The molecule has 0 fully saturated rings. The van der Waals surface area contributed by atoms with Gasteiger partial charge in [0, 0.05) is 6.54 Å². The van der Waals surface area contributed by atoms with Crippen LogP contribution in [0.5, 0.6) is 11.5 Å². The molecule has 2 aromatic carbocycles. The lowest BCUT2D eigenvalue weighted by Gasteiger charge is -2.12. The first-order chi connectivity index (χ1) is 9.63. The highest BCUT2D eigenvalue weighted by Crippen LogP contribution is 2.27. The number of hydrogen-bond donors (Lipinski definition) is 1. The monoisotopic (exact) mass is 269 g/mol. The molecule has 2 nitrogen and oxygen atoms in total. The summed E-state index contributed by atoms with van der Waals surface area (Å²) in [4.78, 5) is 0. The van der Waals surface area contributed by atoms with Gasteiger partial charge in [0.05, 0.1) is 0 Å². The lowest BCUT2D eigenvalue weighted by molar-refractivity contribution is 0.478. The van der Waals surface area contributed by atoms with E-state index in [0.717, 1.165) is 29.0 Å². The van der Waals surface area contributed by atoms with Crippen LogP contribution in [0.2, 0.25) is 0 Å². The van der Waals surface area contributed by atoms with Crippen LogP contribution < -0.4 is 10.5 Å². The van der Waals surface area contributed by atoms with Gasteiger partial charge in [0.25, 0.3) is 0 Å². The molecule has 0 aliphatic carbocycles. The summed E-state index contributed by atoms with van der Waals surface area (Å²) in [5.41, 5.74) is 9.23. The second-order valence-electron chi connectivity index (χ2n) is 5.28. The third-order valence-corrected chi connectivity index (χ3v) is 3.76. The average molecular weight is 269 g/mol. The fourth-order valence-electron chi connectivity index (χ4n) is 2.18. The predicted octanol–water partition coefficient (Wildman–Crippen LogP) is 4.76. The van der Waals surface area contributed by atoms with Crippen molar-refractivity contribution < 1.29 is 4.74 Å². The topological polar surface area (TPSA) is 35.2 Å². The van der Waals surface area contributed by atoms with Crippen molar-refractivity contribution in [2.75, 3.05) is 0 Å². The van der Waals surface area contributed by atoms with E-state index in [9.17, 15) is 0 Å². The Morgan fingerprint density at radius 3 is 2.35 bits per heavy atom. The van der Waals surface area contributed by atoms with Crippen LogP contribution in [0.25, 0.3) is 0 Å². The van der Waals surface area contributed by atoms with Gasteiger partial charge < -0.3 is 10.5 Å². The predicted molar refractivity (Wildman–Crippen MR) is 84.3 cm³/mol. The van der Waals surface area contributed by atoms with E-state index in [0.29, 0.717) is 12.5 Å². The molecule has 0 bridgehead atoms. The van der Waals surface area contributed by atoms with Crippen molar-refractivity contribution in [1.29, 1.82) is 0 Å². The number of benzene rings is 2. The maximum absolute atomic E-state index is 5.94. The molecule has 2 rings (SSSR count). The third-order valence-electron chi connectivity index (χ3n) is 3.76. The average Bonchev–Trinajstić information content (AvgIpc) is 2.49. The van der Waals surface area contributed by atoms with E-state index in [4.69, 9.17) is 10.5 Å². The number of ether oxygens (including phenoxy) is 1. The summed E-state index contributed by atoms with van der Waals surface area (Å²) in [7, 11) is 0. The Hall–Kier alpha value is -1.80. The Morgan fingerprint density at radius 2 is 1.80 bits per heavy atom. The van der Waals surface area contributed by atoms with E-state index >= 15 is 0 Å². The molecule has 0 aliphatic heterocycles. The van der Waals surface area contributed by atoms with E-state index < -0.39 is 0 Å². The maximum Gasteiger partial charge on any atom is 0.130 e. The maximum atomic E-state index is 5.94. The normalized spacial score (nSPS) is 12.2. The van der Waals surface area contributed by atoms with Gasteiger partial charge in [-0.1, -0.05) is 38.1 Å². The summed E-state index contributed by atoms with van der Waals surface area (Å²) in [5, 5.41) is 0. The van der Waals surface area contributed by atoms with Crippen molar-refractivity contribution in [3.05, 3.63) is 59.2 Å². The highest BCUT2D eigenvalue weighted by atomic mass is 16.5. The molecule has 2 heteroatoms. The molecule has 0 saturated carbocycles. The quantitative estimate of drug-likeness (QED) is 0.849. The van der Waals surface area contributed by atoms with Gasteiger partial charge in [-0.15, -0.1) is 0 Å². The van der Waals surface area contributed by atoms with Crippen LogP contribution in [0.1, 0.15) is 42.9 Å². The molecule has 20 heavy (non-hydrogen) atoms. The fraction of sp³-hybridized carbons (Fsp3) is 0.333. The van der Waals surface area contributed by atoms with E-state index in [1.54, 1.807) is 0 Å². The molecule has 1 unspecified atom stereocenters. The lowest BCUT2D eigenvalue weighted by Crippen LogP contribution is -1.97. The highest BCUT2D eigenvalue weighted by molar-refractivity contribution is 5.40. The Bertz CT molecular complexity index is 560. The molecule has 2 N–H and O–H groups in total. The summed E-state index contributed by atoms with van der Waals surface area (Å²) >= 11 is 0. The van der Waals surface area contributed by atoms with Gasteiger partial charge in [0.2, 0.25) is 0 Å². The highest BCUT2D eigenvalue weighted by Gasteiger charge is 2.05. The van der Waals surface area contributed by atoms with Gasteiger partial charge in [-0.3, -0.25) is 0 Å². The number of aryl methyl sites for hydroxylation is 1. The zero-order valence-corrected chi connectivity index (χ0v) is 12.5. The summed E-state index contributed by atoms with van der Waals surface area (Å²) < 4.78 is 5.94. The minimum Gasteiger partial charge on any atom is -0.457 e. The summed E-state index contributed by atoms with van der Waals surface area (Å²) in [6.45, 7) is 7.05. The molecule has 0 spiro atoms. The first kappa shape index (κ1) is 14.6.